The molecule has 0 aliphatic carbocycles. The number of fused-ring (bicyclic) bond motifs is 2. The number of amides is 1. The second-order valence-corrected chi connectivity index (χ2v) is 8.72. The molecule has 5 rings (SSSR count). The van der Waals surface area contributed by atoms with E-state index in [0.717, 1.165) is 66.3 Å². The van der Waals surface area contributed by atoms with Crippen molar-refractivity contribution in [3.8, 4) is 0 Å². The molecule has 0 N–H and O–H groups in total. The molecule has 2 aromatic carbocycles. The third-order valence-corrected chi connectivity index (χ3v) is 6.69. The molecule has 2 atom stereocenters. The summed E-state index contributed by atoms with van der Waals surface area (Å²) in [6.45, 7) is 2.67. The largest absolute Gasteiger partial charge is 0.353 e. The summed E-state index contributed by atoms with van der Waals surface area (Å²) in [6, 6.07) is 16.0. The van der Waals surface area contributed by atoms with E-state index < -0.39 is 0 Å². The molecule has 2 aliphatic heterocycles. The minimum absolute atomic E-state index is 0.244. The number of hydrogen-bond acceptors (Lipinski definition) is 4. The SMILES string of the molecule is O=C(CCc1cccc(Cl)c1)N1CCC2CCN(c3cnc4ccccc4n3)CC21. The van der Waals surface area contributed by atoms with Gasteiger partial charge in [0.1, 0.15) is 5.82 Å². The predicted octanol–water partition coefficient (Wildman–Crippen LogP) is 4.34. The number of nitrogens with zero attached hydrogens (tertiary/aromatic N) is 4. The number of aryl methyl sites for hydroxylation is 1. The van der Waals surface area contributed by atoms with Crippen LogP contribution >= 0.6 is 11.6 Å². The van der Waals surface area contributed by atoms with Crippen LogP contribution in [0.5, 0.6) is 0 Å². The Morgan fingerprint density at radius 1 is 1.07 bits per heavy atom. The first-order chi connectivity index (χ1) is 14.7. The van der Waals surface area contributed by atoms with E-state index in [1.807, 2.05) is 54.7 Å². The highest BCUT2D eigenvalue weighted by atomic mass is 35.5. The van der Waals surface area contributed by atoms with E-state index in [9.17, 15) is 4.79 Å². The van der Waals surface area contributed by atoms with Crippen LogP contribution in [0.15, 0.2) is 54.7 Å². The number of anilines is 1. The van der Waals surface area contributed by atoms with E-state index in [0.29, 0.717) is 12.3 Å². The van der Waals surface area contributed by atoms with Crippen molar-refractivity contribution in [3.05, 3.63) is 65.3 Å². The van der Waals surface area contributed by atoms with Gasteiger partial charge in [0.25, 0.3) is 0 Å². The smallest absolute Gasteiger partial charge is 0.223 e. The van der Waals surface area contributed by atoms with Crippen molar-refractivity contribution in [1.82, 2.24) is 14.9 Å². The van der Waals surface area contributed by atoms with Crippen LogP contribution in [-0.2, 0) is 11.2 Å². The van der Waals surface area contributed by atoms with Gasteiger partial charge in [-0.2, -0.15) is 0 Å². The Kier molecular flexibility index (Phi) is 5.30. The molecule has 30 heavy (non-hydrogen) atoms. The van der Waals surface area contributed by atoms with Crippen molar-refractivity contribution in [3.63, 3.8) is 0 Å². The number of hydrogen-bond donors (Lipinski definition) is 0. The van der Waals surface area contributed by atoms with Gasteiger partial charge in [0, 0.05) is 31.1 Å². The molecule has 2 fully saturated rings. The Morgan fingerprint density at radius 2 is 1.90 bits per heavy atom. The number of aromatic nitrogens is 2. The zero-order valence-electron chi connectivity index (χ0n) is 16.9. The van der Waals surface area contributed by atoms with Crippen LogP contribution in [0.2, 0.25) is 5.02 Å². The van der Waals surface area contributed by atoms with Gasteiger partial charge in [0.2, 0.25) is 5.91 Å². The molecule has 0 radical (unpaired) electrons. The van der Waals surface area contributed by atoms with Crippen LogP contribution < -0.4 is 4.90 Å². The lowest BCUT2D eigenvalue weighted by atomic mass is 9.92. The van der Waals surface area contributed by atoms with E-state index in [1.165, 1.54) is 0 Å². The first-order valence-corrected chi connectivity index (χ1v) is 11.1. The zero-order valence-corrected chi connectivity index (χ0v) is 17.6. The Morgan fingerprint density at radius 3 is 2.77 bits per heavy atom. The van der Waals surface area contributed by atoms with Crippen LogP contribution in [0.1, 0.15) is 24.8 Å². The fraction of sp³-hybridized carbons (Fsp3) is 0.375. The fourth-order valence-electron chi connectivity index (χ4n) is 4.85. The number of para-hydroxylation sites is 2. The van der Waals surface area contributed by atoms with Gasteiger partial charge >= 0.3 is 0 Å². The summed E-state index contributed by atoms with van der Waals surface area (Å²) in [7, 11) is 0. The predicted molar refractivity (Wildman–Crippen MR) is 120 cm³/mol. The maximum Gasteiger partial charge on any atom is 0.223 e. The number of likely N-dealkylation sites (tertiary alicyclic amines) is 1. The average molecular weight is 421 g/mol. The molecule has 3 heterocycles. The highest BCUT2D eigenvalue weighted by molar-refractivity contribution is 6.30. The molecule has 3 aromatic rings. The van der Waals surface area contributed by atoms with Gasteiger partial charge in [0.05, 0.1) is 23.3 Å². The third-order valence-electron chi connectivity index (χ3n) is 6.46. The number of carbonyl (C=O) groups is 1. The molecule has 2 unspecified atom stereocenters. The van der Waals surface area contributed by atoms with Gasteiger partial charge in [-0.15, -0.1) is 0 Å². The van der Waals surface area contributed by atoms with Crippen LogP contribution in [0.4, 0.5) is 5.82 Å². The Balaban J connectivity index is 1.27. The monoisotopic (exact) mass is 420 g/mol. The van der Waals surface area contributed by atoms with Gasteiger partial charge in [-0.1, -0.05) is 35.9 Å². The molecular weight excluding hydrogens is 396 g/mol. The molecule has 6 heteroatoms. The van der Waals surface area contributed by atoms with E-state index >= 15 is 0 Å². The van der Waals surface area contributed by atoms with Crippen molar-refractivity contribution in [2.24, 2.45) is 5.92 Å². The van der Waals surface area contributed by atoms with Gasteiger partial charge in [0.15, 0.2) is 0 Å². The molecule has 1 aromatic heterocycles. The molecule has 154 valence electrons. The molecule has 0 bridgehead atoms. The molecular formula is C24H25ClN4O. The number of carbonyl (C=O) groups excluding carboxylic acids is 1. The summed E-state index contributed by atoms with van der Waals surface area (Å²) >= 11 is 6.08. The van der Waals surface area contributed by atoms with E-state index in [4.69, 9.17) is 16.6 Å². The van der Waals surface area contributed by atoms with Crippen LogP contribution in [0.25, 0.3) is 11.0 Å². The Bertz CT molecular complexity index is 1070. The normalized spacial score (nSPS) is 21.1. The third kappa shape index (κ3) is 3.86. The summed E-state index contributed by atoms with van der Waals surface area (Å²) < 4.78 is 0. The van der Waals surface area contributed by atoms with Crippen molar-refractivity contribution < 1.29 is 4.79 Å². The van der Waals surface area contributed by atoms with Crippen LogP contribution in [0, 0.1) is 5.92 Å². The van der Waals surface area contributed by atoms with E-state index in [1.54, 1.807) is 0 Å². The Labute approximate surface area is 181 Å². The van der Waals surface area contributed by atoms with Crippen molar-refractivity contribution in [2.75, 3.05) is 24.5 Å². The number of halogens is 1. The fourth-order valence-corrected chi connectivity index (χ4v) is 5.06. The highest BCUT2D eigenvalue weighted by Gasteiger charge is 2.40. The average Bonchev–Trinajstić information content (AvgIpc) is 3.20. The van der Waals surface area contributed by atoms with Gasteiger partial charge in [-0.3, -0.25) is 9.78 Å². The maximum absolute atomic E-state index is 13.0. The first kappa shape index (κ1) is 19.3. The number of piperidine rings is 1. The van der Waals surface area contributed by atoms with E-state index in [2.05, 4.69) is 14.8 Å². The lowest BCUT2D eigenvalue weighted by Crippen LogP contribution is -2.50. The van der Waals surface area contributed by atoms with Crippen molar-refractivity contribution in [1.29, 1.82) is 0 Å². The minimum Gasteiger partial charge on any atom is -0.353 e. The van der Waals surface area contributed by atoms with Gasteiger partial charge in [-0.25, -0.2) is 4.98 Å². The molecule has 2 saturated heterocycles. The van der Waals surface area contributed by atoms with E-state index in [-0.39, 0.29) is 11.9 Å². The lowest BCUT2D eigenvalue weighted by Gasteiger charge is -2.39. The van der Waals surface area contributed by atoms with Gasteiger partial charge < -0.3 is 9.80 Å². The minimum atomic E-state index is 0.244. The van der Waals surface area contributed by atoms with Crippen LogP contribution in [-0.4, -0.2) is 46.5 Å². The quantitative estimate of drug-likeness (QED) is 0.629. The molecule has 2 aliphatic rings. The summed E-state index contributed by atoms with van der Waals surface area (Å²) in [4.78, 5) is 26.8. The summed E-state index contributed by atoms with van der Waals surface area (Å²) in [5.74, 6) is 1.74. The standard InChI is InChI=1S/C24H25ClN4O/c25-19-5-3-4-17(14-19)8-9-24(30)29-13-11-18-10-12-28(16-22(18)29)23-15-26-20-6-1-2-7-21(20)27-23/h1-7,14-15,18,22H,8-13,16H2. The maximum atomic E-state index is 13.0. The first-order valence-electron chi connectivity index (χ1n) is 10.7. The lowest BCUT2D eigenvalue weighted by molar-refractivity contribution is -0.132. The van der Waals surface area contributed by atoms with Crippen LogP contribution in [0.3, 0.4) is 0 Å². The number of rotatable bonds is 4. The molecule has 5 nitrogen and oxygen atoms in total. The summed E-state index contributed by atoms with van der Waals surface area (Å²) in [5.41, 5.74) is 2.94. The second kappa shape index (κ2) is 8.23. The summed E-state index contributed by atoms with van der Waals surface area (Å²) in [6.07, 6.45) is 5.32. The molecule has 0 spiro atoms. The Hall–Kier alpha value is -2.66. The summed E-state index contributed by atoms with van der Waals surface area (Å²) in [5, 5.41) is 0.723. The zero-order chi connectivity index (χ0) is 20.5. The topological polar surface area (TPSA) is 49.3 Å². The molecule has 0 saturated carbocycles. The van der Waals surface area contributed by atoms with Crippen molar-refractivity contribution in [2.45, 2.75) is 31.7 Å². The second-order valence-electron chi connectivity index (χ2n) is 8.28. The highest BCUT2D eigenvalue weighted by Crippen LogP contribution is 2.34. The number of benzene rings is 2. The van der Waals surface area contributed by atoms with Crippen molar-refractivity contribution >= 4 is 34.4 Å². The van der Waals surface area contributed by atoms with Gasteiger partial charge in [-0.05, 0) is 55.0 Å². The molecule has 1 amide bonds.